The van der Waals surface area contributed by atoms with Crippen LogP contribution in [-0.2, 0) is 4.79 Å². The van der Waals surface area contributed by atoms with E-state index in [2.05, 4.69) is 41.2 Å². The Hall–Kier alpha value is -1.00. The van der Waals surface area contributed by atoms with Gasteiger partial charge in [-0.25, -0.2) is 0 Å². The summed E-state index contributed by atoms with van der Waals surface area (Å²) in [6, 6.07) is 8.45. The predicted molar refractivity (Wildman–Crippen MR) is 75.8 cm³/mol. The van der Waals surface area contributed by atoms with Gasteiger partial charge in [0.2, 0.25) is 5.91 Å². The van der Waals surface area contributed by atoms with E-state index in [1.807, 2.05) is 6.92 Å². The van der Waals surface area contributed by atoms with Crippen LogP contribution in [-0.4, -0.2) is 25.3 Å². The van der Waals surface area contributed by atoms with Gasteiger partial charge in [0.1, 0.15) is 0 Å². The highest BCUT2D eigenvalue weighted by Gasteiger charge is 2.23. The standard InChI is InChI=1S/C14H20N2OS/c1-10(11-3-5-13(18-2)6-4-11)16-14(17)12-7-8-15-9-12/h3-6,10,12,15H,7-9H2,1-2H3,(H,16,17). The average Bonchev–Trinajstić information content (AvgIpc) is 2.92. The molecule has 1 heterocycles. The van der Waals surface area contributed by atoms with E-state index in [0.717, 1.165) is 25.1 Å². The molecule has 2 rings (SSSR count). The predicted octanol–water partition coefficient (Wildman–Crippen LogP) is 2.20. The zero-order valence-electron chi connectivity index (χ0n) is 10.9. The second-order valence-electron chi connectivity index (χ2n) is 4.69. The minimum Gasteiger partial charge on any atom is -0.349 e. The van der Waals surface area contributed by atoms with Gasteiger partial charge < -0.3 is 10.6 Å². The topological polar surface area (TPSA) is 41.1 Å². The van der Waals surface area contributed by atoms with E-state index in [-0.39, 0.29) is 17.9 Å². The molecule has 0 spiro atoms. The van der Waals surface area contributed by atoms with Crippen LogP contribution in [0.3, 0.4) is 0 Å². The Labute approximate surface area is 113 Å². The Kier molecular flexibility index (Phi) is 4.66. The van der Waals surface area contributed by atoms with Gasteiger partial charge in [-0.1, -0.05) is 12.1 Å². The van der Waals surface area contributed by atoms with E-state index in [0.29, 0.717) is 0 Å². The Bertz CT molecular complexity index is 399. The van der Waals surface area contributed by atoms with Crippen molar-refractivity contribution in [2.75, 3.05) is 19.3 Å². The molecule has 0 aromatic heterocycles. The molecule has 2 atom stereocenters. The molecular formula is C14H20N2OS. The lowest BCUT2D eigenvalue weighted by Crippen LogP contribution is -2.33. The van der Waals surface area contributed by atoms with Gasteiger partial charge in [0.05, 0.1) is 12.0 Å². The first kappa shape index (κ1) is 13.4. The van der Waals surface area contributed by atoms with Gasteiger partial charge in [-0.3, -0.25) is 4.79 Å². The monoisotopic (exact) mass is 264 g/mol. The summed E-state index contributed by atoms with van der Waals surface area (Å²) in [5.41, 5.74) is 1.16. The molecule has 98 valence electrons. The summed E-state index contributed by atoms with van der Waals surface area (Å²) in [5.74, 6) is 0.305. The number of benzene rings is 1. The fourth-order valence-electron chi connectivity index (χ4n) is 2.19. The second-order valence-corrected chi connectivity index (χ2v) is 5.57. The first-order valence-electron chi connectivity index (χ1n) is 6.35. The molecule has 1 amide bonds. The summed E-state index contributed by atoms with van der Waals surface area (Å²) in [5, 5.41) is 6.31. The van der Waals surface area contributed by atoms with Gasteiger partial charge >= 0.3 is 0 Å². The maximum Gasteiger partial charge on any atom is 0.224 e. The number of amides is 1. The molecule has 18 heavy (non-hydrogen) atoms. The normalized spacial score (nSPS) is 20.7. The Morgan fingerprint density at radius 2 is 2.17 bits per heavy atom. The van der Waals surface area contributed by atoms with Gasteiger partial charge in [-0.05, 0) is 43.8 Å². The molecule has 1 aliphatic rings. The quantitative estimate of drug-likeness (QED) is 0.819. The van der Waals surface area contributed by atoms with Gasteiger partial charge in [0.25, 0.3) is 0 Å². The van der Waals surface area contributed by atoms with Crippen molar-refractivity contribution in [3.8, 4) is 0 Å². The molecule has 2 unspecified atom stereocenters. The Balaban J connectivity index is 1.93. The van der Waals surface area contributed by atoms with E-state index in [1.54, 1.807) is 11.8 Å². The van der Waals surface area contributed by atoms with Crippen LogP contribution >= 0.6 is 11.8 Å². The summed E-state index contributed by atoms with van der Waals surface area (Å²) in [6.07, 6.45) is 3.01. The van der Waals surface area contributed by atoms with Crippen LogP contribution < -0.4 is 10.6 Å². The van der Waals surface area contributed by atoms with Crippen LogP contribution in [0.2, 0.25) is 0 Å². The molecule has 4 heteroatoms. The molecule has 1 fully saturated rings. The van der Waals surface area contributed by atoms with Crippen molar-refractivity contribution in [1.29, 1.82) is 0 Å². The highest BCUT2D eigenvalue weighted by Crippen LogP contribution is 2.19. The summed E-state index contributed by atoms with van der Waals surface area (Å²) in [4.78, 5) is 13.2. The molecule has 1 saturated heterocycles. The van der Waals surface area contributed by atoms with Crippen LogP contribution in [0.25, 0.3) is 0 Å². The lowest BCUT2D eigenvalue weighted by Gasteiger charge is -2.17. The Morgan fingerprint density at radius 3 is 2.72 bits per heavy atom. The van der Waals surface area contributed by atoms with Gasteiger partial charge in [0, 0.05) is 11.4 Å². The molecule has 0 saturated carbocycles. The number of carbonyl (C=O) groups excluding carboxylic acids is 1. The third-order valence-corrected chi connectivity index (χ3v) is 4.15. The van der Waals surface area contributed by atoms with Crippen molar-refractivity contribution in [1.82, 2.24) is 10.6 Å². The number of hydrogen-bond acceptors (Lipinski definition) is 3. The summed E-state index contributed by atoms with van der Waals surface area (Å²) in [6.45, 7) is 3.80. The number of rotatable bonds is 4. The SMILES string of the molecule is CSc1ccc(C(C)NC(=O)C2CCNC2)cc1. The fraction of sp³-hybridized carbons (Fsp3) is 0.500. The maximum absolute atomic E-state index is 12.0. The van der Waals surface area contributed by atoms with Crippen LogP contribution in [0, 0.1) is 5.92 Å². The number of nitrogens with one attached hydrogen (secondary N) is 2. The second kappa shape index (κ2) is 6.25. The van der Waals surface area contributed by atoms with Gasteiger partial charge in [0.15, 0.2) is 0 Å². The van der Waals surface area contributed by atoms with Crippen molar-refractivity contribution < 1.29 is 4.79 Å². The molecule has 1 aliphatic heterocycles. The van der Waals surface area contributed by atoms with Gasteiger partial charge in [-0.2, -0.15) is 0 Å². The third-order valence-electron chi connectivity index (χ3n) is 3.41. The molecular weight excluding hydrogens is 244 g/mol. The summed E-state index contributed by atoms with van der Waals surface area (Å²) in [7, 11) is 0. The van der Waals surface area contributed by atoms with Crippen LogP contribution in [0.5, 0.6) is 0 Å². The van der Waals surface area contributed by atoms with E-state index in [1.165, 1.54) is 4.90 Å². The minimum atomic E-state index is 0.0778. The van der Waals surface area contributed by atoms with Gasteiger partial charge in [-0.15, -0.1) is 11.8 Å². The third kappa shape index (κ3) is 3.27. The first-order valence-corrected chi connectivity index (χ1v) is 7.58. The average molecular weight is 264 g/mol. The number of hydrogen-bond donors (Lipinski definition) is 2. The fourth-order valence-corrected chi connectivity index (χ4v) is 2.59. The number of carbonyl (C=O) groups is 1. The van der Waals surface area contributed by atoms with Crippen LogP contribution in [0.1, 0.15) is 24.9 Å². The van der Waals surface area contributed by atoms with E-state index in [9.17, 15) is 4.79 Å². The minimum absolute atomic E-state index is 0.0778. The molecule has 2 N–H and O–H groups in total. The largest absolute Gasteiger partial charge is 0.349 e. The molecule has 1 aromatic carbocycles. The Morgan fingerprint density at radius 1 is 1.44 bits per heavy atom. The van der Waals surface area contributed by atoms with E-state index >= 15 is 0 Å². The van der Waals surface area contributed by atoms with E-state index < -0.39 is 0 Å². The van der Waals surface area contributed by atoms with Crippen molar-refractivity contribution in [3.05, 3.63) is 29.8 Å². The highest BCUT2D eigenvalue weighted by atomic mass is 32.2. The zero-order chi connectivity index (χ0) is 13.0. The molecule has 0 bridgehead atoms. The van der Waals surface area contributed by atoms with E-state index in [4.69, 9.17) is 0 Å². The maximum atomic E-state index is 12.0. The highest BCUT2D eigenvalue weighted by molar-refractivity contribution is 7.98. The van der Waals surface area contributed by atoms with Crippen molar-refractivity contribution in [2.45, 2.75) is 24.3 Å². The first-order chi connectivity index (χ1) is 8.70. The zero-order valence-corrected chi connectivity index (χ0v) is 11.7. The molecule has 1 aromatic rings. The molecule has 0 radical (unpaired) electrons. The van der Waals surface area contributed by atoms with Crippen LogP contribution in [0.15, 0.2) is 29.2 Å². The number of thioether (sulfide) groups is 1. The lowest BCUT2D eigenvalue weighted by molar-refractivity contribution is -0.125. The molecule has 3 nitrogen and oxygen atoms in total. The lowest BCUT2D eigenvalue weighted by atomic mass is 10.1. The smallest absolute Gasteiger partial charge is 0.224 e. The van der Waals surface area contributed by atoms with Crippen molar-refractivity contribution in [2.24, 2.45) is 5.92 Å². The van der Waals surface area contributed by atoms with Crippen LogP contribution in [0.4, 0.5) is 0 Å². The van der Waals surface area contributed by atoms with Crippen molar-refractivity contribution in [3.63, 3.8) is 0 Å². The summed E-state index contributed by atoms with van der Waals surface area (Å²) < 4.78 is 0. The summed E-state index contributed by atoms with van der Waals surface area (Å²) >= 11 is 1.73. The molecule has 0 aliphatic carbocycles. The van der Waals surface area contributed by atoms with Crippen molar-refractivity contribution >= 4 is 17.7 Å².